The van der Waals surface area contributed by atoms with Crippen molar-refractivity contribution in [2.24, 2.45) is 11.8 Å². The van der Waals surface area contributed by atoms with Crippen LogP contribution in [0.1, 0.15) is 40.5 Å². The monoisotopic (exact) mass is 230 g/mol. The molecule has 0 aliphatic rings. The maximum absolute atomic E-state index is 11.5. The van der Waals surface area contributed by atoms with Gasteiger partial charge in [-0.05, 0) is 18.8 Å². The number of hydrogen-bond acceptors (Lipinski definition) is 2. The second-order valence-electron chi connectivity index (χ2n) is 4.49. The normalized spacial score (nSPS) is 14.6. The van der Waals surface area contributed by atoms with Gasteiger partial charge in [-0.3, -0.25) is 0 Å². The fourth-order valence-corrected chi connectivity index (χ4v) is 1.37. The van der Waals surface area contributed by atoms with E-state index in [2.05, 4.69) is 24.5 Å². The van der Waals surface area contributed by atoms with E-state index in [9.17, 15) is 4.79 Å². The van der Waals surface area contributed by atoms with Crippen molar-refractivity contribution in [1.82, 2.24) is 10.6 Å². The highest BCUT2D eigenvalue weighted by atomic mass is 16.3. The second kappa shape index (κ2) is 8.39. The lowest BCUT2D eigenvalue weighted by molar-refractivity contribution is 0.199. The Morgan fingerprint density at radius 1 is 1.25 bits per heavy atom. The molecule has 0 saturated heterocycles. The lowest BCUT2D eigenvalue weighted by Crippen LogP contribution is -2.45. The molecule has 16 heavy (non-hydrogen) atoms. The molecule has 4 heteroatoms. The Morgan fingerprint density at radius 2 is 1.81 bits per heavy atom. The Labute approximate surface area is 98.8 Å². The number of aliphatic hydroxyl groups excluding tert-OH is 1. The predicted molar refractivity (Wildman–Crippen MR) is 66.3 cm³/mol. The van der Waals surface area contributed by atoms with Gasteiger partial charge in [0.05, 0.1) is 0 Å². The van der Waals surface area contributed by atoms with E-state index in [1.165, 1.54) is 0 Å². The molecule has 96 valence electrons. The van der Waals surface area contributed by atoms with E-state index in [1.54, 1.807) is 0 Å². The van der Waals surface area contributed by atoms with Crippen LogP contribution in [0.4, 0.5) is 4.79 Å². The highest BCUT2D eigenvalue weighted by Crippen LogP contribution is 2.05. The summed E-state index contributed by atoms with van der Waals surface area (Å²) in [5.41, 5.74) is 0. The summed E-state index contributed by atoms with van der Waals surface area (Å²) >= 11 is 0. The minimum absolute atomic E-state index is 0.00768. The zero-order valence-corrected chi connectivity index (χ0v) is 10.9. The molecule has 0 fully saturated rings. The highest BCUT2D eigenvalue weighted by molar-refractivity contribution is 5.74. The van der Waals surface area contributed by atoms with Crippen LogP contribution in [0.5, 0.6) is 0 Å². The summed E-state index contributed by atoms with van der Waals surface area (Å²) in [6, 6.07) is -0.147. The first kappa shape index (κ1) is 15.2. The minimum atomic E-state index is -0.139. The third-order valence-corrected chi connectivity index (χ3v) is 3.21. The molecule has 0 aromatic carbocycles. The summed E-state index contributed by atoms with van der Waals surface area (Å²) < 4.78 is 0. The number of urea groups is 1. The average Bonchev–Trinajstić information content (AvgIpc) is 2.29. The molecule has 0 rings (SSSR count). The van der Waals surface area contributed by atoms with Gasteiger partial charge in [0.25, 0.3) is 0 Å². The van der Waals surface area contributed by atoms with Crippen LogP contribution < -0.4 is 10.6 Å². The molecule has 3 N–H and O–H groups in total. The Balaban J connectivity index is 3.81. The third-order valence-electron chi connectivity index (χ3n) is 3.21. The van der Waals surface area contributed by atoms with Crippen LogP contribution in [-0.2, 0) is 0 Å². The smallest absolute Gasteiger partial charge is 0.315 e. The van der Waals surface area contributed by atoms with E-state index >= 15 is 0 Å². The quantitative estimate of drug-likeness (QED) is 0.624. The van der Waals surface area contributed by atoms with Gasteiger partial charge in [0.15, 0.2) is 0 Å². The Morgan fingerprint density at radius 3 is 2.25 bits per heavy atom. The molecule has 0 aromatic heterocycles. The molecule has 0 aliphatic carbocycles. The zero-order chi connectivity index (χ0) is 12.6. The van der Waals surface area contributed by atoms with Crippen LogP contribution in [0.15, 0.2) is 0 Å². The summed E-state index contributed by atoms with van der Waals surface area (Å²) in [4.78, 5) is 11.5. The first-order chi connectivity index (χ1) is 7.54. The molecule has 0 heterocycles. The lowest BCUT2D eigenvalue weighted by atomic mass is 10.0. The SMILES string of the molecule is CCC(CC)CNC(=O)NC(C)C(C)CO. The van der Waals surface area contributed by atoms with E-state index in [-0.39, 0.29) is 24.6 Å². The number of nitrogens with one attached hydrogen (secondary N) is 2. The molecule has 0 saturated carbocycles. The van der Waals surface area contributed by atoms with Gasteiger partial charge in [0.2, 0.25) is 0 Å². The van der Waals surface area contributed by atoms with Crippen LogP contribution in [0.3, 0.4) is 0 Å². The van der Waals surface area contributed by atoms with Crippen LogP contribution >= 0.6 is 0 Å². The van der Waals surface area contributed by atoms with E-state index in [4.69, 9.17) is 5.11 Å². The van der Waals surface area contributed by atoms with E-state index in [1.807, 2.05) is 13.8 Å². The molecular weight excluding hydrogens is 204 g/mol. The number of carbonyl (C=O) groups is 1. The summed E-state index contributed by atoms with van der Waals surface area (Å²) in [5.74, 6) is 0.634. The molecule has 2 atom stereocenters. The maximum atomic E-state index is 11.5. The maximum Gasteiger partial charge on any atom is 0.315 e. The van der Waals surface area contributed by atoms with Gasteiger partial charge in [-0.1, -0.05) is 33.6 Å². The van der Waals surface area contributed by atoms with Crippen LogP contribution in [0, 0.1) is 11.8 Å². The summed E-state index contributed by atoms with van der Waals surface area (Å²) in [7, 11) is 0. The molecular formula is C12H26N2O2. The van der Waals surface area contributed by atoms with Crippen molar-refractivity contribution in [1.29, 1.82) is 0 Å². The Kier molecular flexibility index (Phi) is 7.99. The van der Waals surface area contributed by atoms with Gasteiger partial charge in [-0.25, -0.2) is 4.79 Å². The van der Waals surface area contributed by atoms with Crippen LogP contribution in [0.2, 0.25) is 0 Å². The van der Waals surface area contributed by atoms with Crippen molar-refractivity contribution in [3.63, 3.8) is 0 Å². The fraction of sp³-hybridized carbons (Fsp3) is 0.917. The first-order valence-corrected chi connectivity index (χ1v) is 6.20. The molecule has 0 radical (unpaired) electrons. The largest absolute Gasteiger partial charge is 0.396 e. The molecule has 2 amide bonds. The average molecular weight is 230 g/mol. The van der Waals surface area contributed by atoms with Gasteiger partial charge in [0, 0.05) is 19.2 Å². The third kappa shape index (κ3) is 5.95. The highest BCUT2D eigenvalue weighted by Gasteiger charge is 2.14. The van der Waals surface area contributed by atoms with Gasteiger partial charge in [-0.2, -0.15) is 0 Å². The van der Waals surface area contributed by atoms with Crippen molar-refractivity contribution >= 4 is 6.03 Å². The first-order valence-electron chi connectivity index (χ1n) is 6.20. The molecule has 0 bridgehead atoms. The Hall–Kier alpha value is -0.770. The van der Waals surface area contributed by atoms with E-state index in [0.29, 0.717) is 5.92 Å². The fourth-order valence-electron chi connectivity index (χ4n) is 1.37. The van der Waals surface area contributed by atoms with Crippen LogP contribution in [-0.4, -0.2) is 30.3 Å². The summed E-state index contributed by atoms with van der Waals surface area (Å²) in [6.07, 6.45) is 2.17. The van der Waals surface area contributed by atoms with Gasteiger partial charge >= 0.3 is 6.03 Å². The van der Waals surface area contributed by atoms with E-state index < -0.39 is 0 Å². The van der Waals surface area contributed by atoms with Gasteiger partial charge in [-0.15, -0.1) is 0 Å². The standard InChI is InChI=1S/C12H26N2O2/c1-5-11(6-2)7-13-12(16)14-10(4)9(3)8-15/h9-11,15H,5-8H2,1-4H3,(H2,13,14,16). The van der Waals surface area contributed by atoms with Crippen molar-refractivity contribution in [3.8, 4) is 0 Å². The number of aliphatic hydroxyl groups is 1. The topological polar surface area (TPSA) is 61.4 Å². The van der Waals surface area contributed by atoms with Gasteiger partial charge < -0.3 is 15.7 Å². The molecule has 0 spiro atoms. The van der Waals surface area contributed by atoms with E-state index in [0.717, 1.165) is 19.4 Å². The zero-order valence-electron chi connectivity index (χ0n) is 10.9. The van der Waals surface area contributed by atoms with Crippen molar-refractivity contribution in [3.05, 3.63) is 0 Å². The van der Waals surface area contributed by atoms with Gasteiger partial charge in [0.1, 0.15) is 0 Å². The summed E-state index contributed by atoms with van der Waals surface area (Å²) in [6.45, 7) is 8.88. The van der Waals surface area contributed by atoms with Crippen molar-refractivity contribution in [2.45, 2.75) is 46.6 Å². The van der Waals surface area contributed by atoms with Crippen molar-refractivity contribution < 1.29 is 9.90 Å². The Bertz CT molecular complexity index is 193. The number of amides is 2. The number of carbonyl (C=O) groups excluding carboxylic acids is 1. The number of rotatable bonds is 7. The van der Waals surface area contributed by atoms with Crippen LogP contribution in [0.25, 0.3) is 0 Å². The molecule has 0 aromatic rings. The minimum Gasteiger partial charge on any atom is -0.396 e. The summed E-state index contributed by atoms with van der Waals surface area (Å²) in [5, 5.41) is 14.6. The predicted octanol–water partition coefficient (Wildman–Crippen LogP) is 1.74. The molecule has 0 aliphatic heterocycles. The lowest BCUT2D eigenvalue weighted by Gasteiger charge is -2.20. The second-order valence-corrected chi connectivity index (χ2v) is 4.49. The number of hydrogen-bond donors (Lipinski definition) is 3. The molecule has 4 nitrogen and oxygen atoms in total. The molecule has 2 unspecified atom stereocenters. The van der Waals surface area contributed by atoms with Crippen molar-refractivity contribution in [2.75, 3.05) is 13.2 Å².